The minimum Gasteiger partial charge on any atom is -0.395 e. The van der Waals surface area contributed by atoms with Gasteiger partial charge >= 0.3 is 0 Å². The quantitative estimate of drug-likeness (QED) is 0.694. The minimum absolute atomic E-state index is 0.0807. The SMILES string of the molecule is CCCNC(=O)C(C)N1CCC[C@H]1CO. The molecule has 88 valence electrons. The van der Waals surface area contributed by atoms with Crippen molar-refractivity contribution in [2.45, 2.75) is 45.2 Å². The van der Waals surface area contributed by atoms with Crippen molar-refractivity contribution in [3.05, 3.63) is 0 Å². The Bertz CT molecular complexity index is 209. The summed E-state index contributed by atoms with van der Waals surface area (Å²) in [6.45, 7) is 5.77. The van der Waals surface area contributed by atoms with Crippen LogP contribution in [0.5, 0.6) is 0 Å². The molecule has 1 fully saturated rings. The smallest absolute Gasteiger partial charge is 0.237 e. The highest BCUT2D eigenvalue weighted by molar-refractivity contribution is 5.81. The van der Waals surface area contributed by atoms with E-state index in [9.17, 15) is 4.79 Å². The number of likely N-dealkylation sites (tertiary alicyclic amines) is 1. The number of aliphatic hydroxyl groups is 1. The largest absolute Gasteiger partial charge is 0.395 e. The predicted molar refractivity (Wildman–Crippen MR) is 59.6 cm³/mol. The molecule has 1 amide bonds. The van der Waals surface area contributed by atoms with Gasteiger partial charge in [-0.2, -0.15) is 0 Å². The van der Waals surface area contributed by atoms with E-state index >= 15 is 0 Å². The van der Waals surface area contributed by atoms with Crippen molar-refractivity contribution in [3.63, 3.8) is 0 Å². The first-order chi connectivity index (χ1) is 7.20. The Labute approximate surface area is 91.6 Å². The summed E-state index contributed by atoms with van der Waals surface area (Å²) in [4.78, 5) is 13.8. The third-order valence-electron chi connectivity index (χ3n) is 3.06. The maximum Gasteiger partial charge on any atom is 0.237 e. The van der Waals surface area contributed by atoms with E-state index in [4.69, 9.17) is 5.11 Å². The number of amides is 1. The summed E-state index contributed by atoms with van der Waals surface area (Å²) in [5.41, 5.74) is 0. The van der Waals surface area contributed by atoms with Crippen LogP contribution >= 0.6 is 0 Å². The first-order valence-electron chi connectivity index (χ1n) is 5.85. The summed E-state index contributed by atoms with van der Waals surface area (Å²) in [7, 11) is 0. The fraction of sp³-hybridized carbons (Fsp3) is 0.909. The van der Waals surface area contributed by atoms with Gasteiger partial charge in [-0.3, -0.25) is 9.69 Å². The fourth-order valence-corrected chi connectivity index (χ4v) is 2.11. The highest BCUT2D eigenvalue weighted by atomic mass is 16.3. The molecule has 4 heteroatoms. The van der Waals surface area contributed by atoms with Crippen molar-refractivity contribution in [2.75, 3.05) is 19.7 Å². The van der Waals surface area contributed by atoms with Gasteiger partial charge in [-0.25, -0.2) is 0 Å². The van der Waals surface area contributed by atoms with Crippen LogP contribution in [0, 0.1) is 0 Å². The molecule has 0 spiro atoms. The standard InChI is InChI=1S/C11H22N2O2/c1-3-6-12-11(15)9(2)13-7-4-5-10(13)8-14/h9-10,14H,3-8H2,1-2H3,(H,12,15)/t9?,10-/m0/s1. The molecule has 0 saturated carbocycles. The minimum atomic E-state index is -0.115. The van der Waals surface area contributed by atoms with Gasteiger partial charge in [0.25, 0.3) is 0 Å². The number of nitrogens with one attached hydrogen (secondary N) is 1. The average Bonchev–Trinajstić information content (AvgIpc) is 2.72. The van der Waals surface area contributed by atoms with Gasteiger partial charge in [-0.05, 0) is 32.7 Å². The molecule has 15 heavy (non-hydrogen) atoms. The highest BCUT2D eigenvalue weighted by Gasteiger charge is 2.31. The van der Waals surface area contributed by atoms with Gasteiger partial charge in [-0.1, -0.05) is 6.92 Å². The lowest BCUT2D eigenvalue weighted by Crippen LogP contribution is -2.48. The molecule has 0 aromatic carbocycles. The molecule has 0 aromatic heterocycles. The maximum atomic E-state index is 11.7. The number of rotatable bonds is 5. The van der Waals surface area contributed by atoms with Crippen LogP contribution in [0.3, 0.4) is 0 Å². The number of carbonyl (C=O) groups is 1. The van der Waals surface area contributed by atoms with Crippen LogP contribution in [0.25, 0.3) is 0 Å². The Morgan fingerprint density at radius 3 is 3.00 bits per heavy atom. The second-order valence-electron chi connectivity index (χ2n) is 4.18. The lowest BCUT2D eigenvalue weighted by atomic mass is 10.2. The normalized spacial score (nSPS) is 24.1. The maximum absolute atomic E-state index is 11.7. The first kappa shape index (κ1) is 12.5. The monoisotopic (exact) mass is 214 g/mol. The molecule has 1 aliphatic heterocycles. The highest BCUT2D eigenvalue weighted by Crippen LogP contribution is 2.19. The molecule has 1 heterocycles. The van der Waals surface area contributed by atoms with Gasteiger partial charge < -0.3 is 10.4 Å². The van der Waals surface area contributed by atoms with Crippen LogP contribution < -0.4 is 5.32 Å². The molecule has 0 radical (unpaired) electrons. The topological polar surface area (TPSA) is 52.6 Å². The van der Waals surface area contributed by atoms with Crippen LogP contribution in [0.4, 0.5) is 0 Å². The second kappa shape index (κ2) is 6.08. The van der Waals surface area contributed by atoms with Crippen molar-refractivity contribution < 1.29 is 9.90 Å². The summed E-state index contributed by atoms with van der Waals surface area (Å²) in [6.07, 6.45) is 3.04. The zero-order chi connectivity index (χ0) is 11.3. The third kappa shape index (κ3) is 3.18. The Balaban J connectivity index is 2.44. The summed E-state index contributed by atoms with van der Waals surface area (Å²) in [6, 6.07) is 0.0589. The summed E-state index contributed by atoms with van der Waals surface area (Å²) < 4.78 is 0. The fourth-order valence-electron chi connectivity index (χ4n) is 2.11. The van der Waals surface area contributed by atoms with E-state index in [2.05, 4.69) is 10.2 Å². The molecular weight excluding hydrogens is 192 g/mol. The van der Waals surface area contributed by atoms with Crippen molar-refractivity contribution in [1.29, 1.82) is 0 Å². The molecule has 2 atom stereocenters. The number of nitrogens with zero attached hydrogens (tertiary/aromatic N) is 1. The van der Waals surface area contributed by atoms with Crippen LogP contribution in [-0.4, -0.2) is 47.7 Å². The molecule has 1 saturated heterocycles. The van der Waals surface area contributed by atoms with Crippen molar-refractivity contribution in [2.24, 2.45) is 0 Å². The zero-order valence-corrected chi connectivity index (χ0v) is 9.70. The summed E-state index contributed by atoms with van der Waals surface area (Å²) >= 11 is 0. The van der Waals surface area contributed by atoms with E-state index in [1.807, 2.05) is 13.8 Å². The van der Waals surface area contributed by atoms with Crippen LogP contribution in [0.2, 0.25) is 0 Å². The van der Waals surface area contributed by atoms with Crippen molar-refractivity contribution >= 4 is 5.91 Å². The Hall–Kier alpha value is -0.610. The van der Waals surface area contributed by atoms with Gasteiger partial charge in [0.2, 0.25) is 5.91 Å². The van der Waals surface area contributed by atoms with E-state index in [1.165, 1.54) is 0 Å². The van der Waals surface area contributed by atoms with E-state index in [-0.39, 0.29) is 24.6 Å². The second-order valence-corrected chi connectivity index (χ2v) is 4.18. The molecule has 1 aliphatic rings. The van der Waals surface area contributed by atoms with Crippen molar-refractivity contribution in [3.8, 4) is 0 Å². The molecule has 1 rings (SSSR count). The lowest BCUT2D eigenvalue weighted by Gasteiger charge is -2.28. The van der Waals surface area contributed by atoms with Gasteiger partial charge in [-0.15, -0.1) is 0 Å². The number of hydrogen-bond donors (Lipinski definition) is 2. The van der Waals surface area contributed by atoms with Crippen LogP contribution in [0.15, 0.2) is 0 Å². The summed E-state index contributed by atoms with van der Waals surface area (Å²) in [5, 5.41) is 12.1. The van der Waals surface area contributed by atoms with E-state index in [0.29, 0.717) is 0 Å². The van der Waals surface area contributed by atoms with Crippen LogP contribution in [0.1, 0.15) is 33.1 Å². The Kier molecular flexibility index (Phi) is 5.05. The van der Waals surface area contributed by atoms with Crippen LogP contribution in [-0.2, 0) is 4.79 Å². The molecule has 0 aliphatic carbocycles. The molecular formula is C11H22N2O2. The van der Waals surface area contributed by atoms with Gasteiger partial charge in [0, 0.05) is 12.6 Å². The first-order valence-corrected chi connectivity index (χ1v) is 5.85. The number of hydrogen-bond acceptors (Lipinski definition) is 3. The van der Waals surface area contributed by atoms with Gasteiger partial charge in [0.1, 0.15) is 0 Å². The van der Waals surface area contributed by atoms with Gasteiger partial charge in [0.05, 0.1) is 12.6 Å². The predicted octanol–water partition coefficient (Wildman–Crippen LogP) is 0.358. The van der Waals surface area contributed by atoms with E-state index in [0.717, 1.165) is 32.4 Å². The molecule has 1 unspecified atom stereocenters. The number of carbonyl (C=O) groups excluding carboxylic acids is 1. The van der Waals surface area contributed by atoms with Gasteiger partial charge in [0.15, 0.2) is 0 Å². The molecule has 2 N–H and O–H groups in total. The zero-order valence-electron chi connectivity index (χ0n) is 9.70. The third-order valence-corrected chi connectivity index (χ3v) is 3.06. The Morgan fingerprint density at radius 1 is 1.67 bits per heavy atom. The van der Waals surface area contributed by atoms with E-state index < -0.39 is 0 Å². The number of aliphatic hydroxyl groups excluding tert-OH is 1. The molecule has 0 aromatic rings. The Morgan fingerprint density at radius 2 is 2.40 bits per heavy atom. The van der Waals surface area contributed by atoms with E-state index in [1.54, 1.807) is 0 Å². The summed E-state index contributed by atoms with van der Waals surface area (Å²) in [5.74, 6) is 0.0807. The average molecular weight is 214 g/mol. The lowest BCUT2D eigenvalue weighted by molar-refractivity contribution is -0.126. The molecule has 0 bridgehead atoms. The molecule has 4 nitrogen and oxygen atoms in total. The van der Waals surface area contributed by atoms with Crippen molar-refractivity contribution in [1.82, 2.24) is 10.2 Å².